The smallest absolute Gasteiger partial charge is 0.147 e. The average Bonchev–Trinajstić information content (AvgIpc) is 2.27. The highest BCUT2D eigenvalue weighted by atomic mass is 35.5. The molecule has 0 aliphatic heterocycles. The van der Waals surface area contributed by atoms with Crippen molar-refractivity contribution >= 4 is 34.9 Å². The molecule has 16 heavy (non-hydrogen) atoms. The number of benzene rings is 1. The van der Waals surface area contributed by atoms with Gasteiger partial charge in [-0.15, -0.1) is 0 Å². The summed E-state index contributed by atoms with van der Waals surface area (Å²) in [5.74, 6) is 0.344. The summed E-state index contributed by atoms with van der Waals surface area (Å²) in [7, 11) is 0. The number of aromatic nitrogens is 1. The SMILES string of the molecule is Nc1ccc(Sc2ccccc2Cl)nc1N. The zero-order chi connectivity index (χ0) is 11.5. The zero-order valence-corrected chi connectivity index (χ0v) is 9.92. The van der Waals surface area contributed by atoms with E-state index in [1.54, 1.807) is 6.07 Å². The van der Waals surface area contributed by atoms with Crippen LogP contribution in [0.3, 0.4) is 0 Å². The molecule has 0 unspecified atom stereocenters. The van der Waals surface area contributed by atoms with Crippen molar-refractivity contribution in [2.45, 2.75) is 9.92 Å². The predicted molar refractivity (Wildman–Crippen MR) is 68.6 cm³/mol. The summed E-state index contributed by atoms with van der Waals surface area (Å²) < 4.78 is 0. The Morgan fingerprint density at radius 1 is 1.06 bits per heavy atom. The van der Waals surface area contributed by atoms with Crippen molar-refractivity contribution in [3.8, 4) is 0 Å². The minimum absolute atomic E-state index is 0.344. The van der Waals surface area contributed by atoms with Crippen LogP contribution < -0.4 is 11.5 Å². The third-order valence-corrected chi connectivity index (χ3v) is 3.44. The quantitative estimate of drug-likeness (QED) is 0.861. The van der Waals surface area contributed by atoms with E-state index in [0.717, 1.165) is 9.92 Å². The first-order chi connectivity index (χ1) is 7.66. The number of pyridine rings is 1. The van der Waals surface area contributed by atoms with Gasteiger partial charge in [0.2, 0.25) is 0 Å². The fraction of sp³-hybridized carbons (Fsp3) is 0. The Kier molecular flexibility index (Phi) is 3.22. The second kappa shape index (κ2) is 4.63. The molecule has 82 valence electrons. The number of nitrogens with zero attached hydrogens (tertiary/aromatic N) is 1. The lowest BCUT2D eigenvalue weighted by atomic mass is 10.4. The Morgan fingerprint density at radius 2 is 1.81 bits per heavy atom. The molecular formula is C11H10ClN3S. The normalized spacial score (nSPS) is 10.3. The maximum atomic E-state index is 6.04. The summed E-state index contributed by atoms with van der Waals surface area (Å²) in [6, 6.07) is 11.1. The molecular weight excluding hydrogens is 242 g/mol. The number of halogens is 1. The van der Waals surface area contributed by atoms with Crippen molar-refractivity contribution < 1.29 is 0 Å². The number of nitrogen functional groups attached to an aromatic ring is 2. The van der Waals surface area contributed by atoms with Gasteiger partial charge in [0.15, 0.2) is 0 Å². The number of hydrogen-bond donors (Lipinski definition) is 2. The van der Waals surface area contributed by atoms with Gasteiger partial charge in [0.1, 0.15) is 10.8 Å². The summed E-state index contributed by atoms with van der Waals surface area (Å²) in [6.45, 7) is 0. The summed E-state index contributed by atoms with van der Waals surface area (Å²) in [5, 5.41) is 1.48. The van der Waals surface area contributed by atoms with E-state index in [1.807, 2.05) is 30.3 Å². The lowest BCUT2D eigenvalue weighted by Crippen LogP contribution is -1.97. The molecule has 0 radical (unpaired) electrons. The molecule has 2 rings (SSSR count). The molecule has 0 atom stereocenters. The van der Waals surface area contributed by atoms with Gasteiger partial charge in [-0.1, -0.05) is 35.5 Å². The van der Waals surface area contributed by atoms with Crippen molar-refractivity contribution in [1.82, 2.24) is 4.98 Å². The summed E-state index contributed by atoms with van der Waals surface area (Å²) >= 11 is 7.50. The number of nitrogens with two attached hydrogens (primary N) is 2. The molecule has 0 spiro atoms. The van der Waals surface area contributed by atoms with Crippen LogP contribution in [0.2, 0.25) is 5.02 Å². The predicted octanol–water partition coefficient (Wildman–Crippen LogP) is 3.05. The van der Waals surface area contributed by atoms with Crippen LogP contribution in [0.1, 0.15) is 0 Å². The van der Waals surface area contributed by atoms with E-state index in [2.05, 4.69) is 4.98 Å². The van der Waals surface area contributed by atoms with Gasteiger partial charge in [-0.3, -0.25) is 0 Å². The maximum Gasteiger partial charge on any atom is 0.147 e. The second-order valence-electron chi connectivity index (χ2n) is 3.16. The fourth-order valence-corrected chi connectivity index (χ4v) is 2.23. The van der Waals surface area contributed by atoms with E-state index in [0.29, 0.717) is 16.5 Å². The van der Waals surface area contributed by atoms with Crippen molar-refractivity contribution in [2.75, 3.05) is 11.5 Å². The van der Waals surface area contributed by atoms with E-state index in [1.165, 1.54) is 11.8 Å². The third-order valence-electron chi connectivity index (χ3n) is 1.98. The molecule has 1 aromatic carbocycles. The van der Waals surface area contributed by atoms with Gasteiger partial charge in [-0.05, 0) is 24.3 Å². The molecule has 2 aromatic rings. The minimum atomic E-state index is 0.344. The molecule has 0 bridgehead atoms. The van der Waals surface area contributed by atoms with Gasteiger partial charge >= 0.3 is 0 Å². The Bertz CT molecular complexity index is 516. The summed E-state index contributed by atoms with van der Waals surface area (Å²) in [4.78, 5) is 5.11. The highest BCUT2D eigenvalue weighted by molar-refractivity contribution is 7.99. The molecule has 4 N–H and O–H groups in total. The van der Waals surface area contributed by atoms with Crippen LogP contribution in [-0.2, 0) is 0 Å². The largest absolute Gasteiger partial charge is 0.396 e. The maximum absolute atomic E-state index is 6.04. The lowest BCUT2D eigenvalue weighted by Gasteiger charge is -2.05. The van der Waals surface area contributed by atoms with Crippen molar-refractivity contribution in [1.29, 1.82) is 0 Å². The Hall–Kier alpha value is -1.39. The van der Waals surface area contributed by atoms with Crippen LogP contribution in [-0.4, -0.2) is 4.98 Å². The monoisotopic (exact) mass is 251 g/mol. The van der Waals surface area contributed by atoms with E-state index < -0.39 is 0 Å². The standard InChI is InChI=1S/C11H10ClN3S/c12-7-3-1-2-4-9(7)16-10-6-5-8(13)11(14)15-10/h1-6H,13H2,(H2,14,15). The molecule has 5 heteroatoms. The number of rotatable bonds is 2. The van der Waals surface area contributed by atoms with Gasteiger partial charge in [-0.2, -0.15) is 0 Å². The van der Waals surface area contributed by atoms with Gasteiger partial charge in [0, 0.05) is 4.90 Å². The highest BCUT2D eigenvalue weighted by Crippen LogP contribution is 2.32. The minimum Gasteiger partial charge on any atom is -0.396 e. The van der Waals surface area contributed by atoms with Crippen LogP contribution in [0.5, 0.6) is 0 Å². The summed E-state index contributed by atoms with van der Waals surface area (Å²) in [5.41, 5.74) is 11.7. The first-order valence-electron chi connectivity index (χ1n) is 4.61. The third kappa shape index (κ3) is 2.40. The topological polar surface area (TPSA) is 64.9 Å². The molecule has 1 heterocycles. The van der Waals surface area contributed by atoms with E-state index in [4.69, 9.17) is 23.1 Å². The summed E-state index contributed by atoms with van der Waals surface area (Å²) in [6.07, 6.45) is 0. The highest BCUT2D eigenvalue weighted by Gasteiger charge is 2.04. The zero-order valence-electron chi connectivity index (χ0n) is 8.35. The Labute approximate surface area is 103 Å². The van der Waals surface area contributed by atoms with E-state index in [-0.39, 0.29) is 0 Å². The number of anilines is 2. The van der Waals surface area contributed by atoms with Crippen LogP contribution >= 0.6 is 23.4 Å². The first-order valence-corrected chi connectivity index (χ1v) is 5.80. The van der Waals surface area contributed by atoms with Crippen LogP contribution in [0.4, 0.5) is 11.5 Å². The lowest BCUT2D eigenvalue weighted by molar-refractivity contribution is 1.15. The molecule has 0 saturated carbocycles. The molecule has 0 aliphatic carbocycles. The van der Waals surface area contributed by atoms with Gasteiger partial charge in [-0.25, -0.2) is 4.98 Å². The number of hydrogen-bond acceptors (Lipinski definition) is 4. The van der Waals surface area contributed by atoms with Crippen LogP contribution in [0, 0.1) is 0 Å². The van der Waals surface area contributed by atoms with Crippen molar-refractivity contribution in [3.05, 3.63) is 41.4 Å². The van der Waals surface area contributed by atoms with Crippen LogP contribution in [0.15, 0.2) is 46.3 Å². The fourth-order valence-electron chi connectivity index (χ4n) is 1.16. The Balaban J connectivity index is 2.28. The van der Waals surface area contributed by atoms with Crippen molar-refractivity contribution in [2.24, 2.45) is 0 Å². The van der Waals surface area contributed by atoms with Gasteiger partial charge < -0.3 is 11.5 Å². The molecule has 0 fully saturated rings. The van der Waals surface area contributed by atoms with Gasteiger partial charge in [0.05, 0.1) is 10.7 Å². The molecule has 3 nitrogen and oxygen atoms in total. The molecule has 0 aliphatic rings. The molecule has 0 amide bonds. The van der Waals surface area contributed by atoms with Crippen LogP contribution in [0.25, 0.3) is 0 Å². The second-order valence-corrected chi connectivity index (χ2v) is 4.63. The van der Waals surface area contributed by atoms with E-state index >= 15 is 0 Å². The van der Waals surface area contributed by atoms with Crippen molar-refractivity contribution in [3.63, 3.8) is 0 Å². The average molecular weight is 252 g/mol. The van der Waals surface area contributed by atoms with Gasteiger partial charge in [0.25, 0.3) is 0 Å². The van der Waals surface area contributed by atoms with E-state index in [9.17, 15) is 0 Å². The Morgan fingerprint density at radius 3 is 2.50 bits per heavy atom. The molecule has 0 saturated heterocycles. The first kappa shape index (κ1) is 11.1. The molecule has 1 aromatic heterocycles.